The quantitative estimate of drug-likeness (QED) is 0.496. The van der Waals surface area contributed by atoms with Crippen molar-refractivity contribution in [1.29, 1.82) is 5.26 Å². The normalized spacial score (nSPS) is 15.0. The van der Waals surface area contributed by atoms with Crippen molar-refractivity contribution >= 4 is 29.1 Å². The Kier molecular flexibility index (Phi) is 6.27. The average Bonchev–Trinajstić information content (AvgIpc) is 2.84. The number of ether oxygens (including phenoxy) is 2. The van der Waals surface area contributed by atoms with Crippen LogP contribution < -0.4 is 9.47 Å². The van der Waals surface area contributed by atoms with Crippen LogP contribution in [0.25, 0.3) is 0 Å². The molecule has 0 aliphatic carbocycles. The number of methoxy groups -OCH3 is 2. The lowest BCUT2D eigenvalue weighted by Gasteiger charge is -2.39. The van der Waals surface area contributed by atoms with Crippen molar-refractivity contribution in [2.24, 2.45) is 0 Å². The van der Waals surface area contributed by atoms with E-state index >= 15 is 0 Å². The summed E-state index contributed by atoms with van der Waals surface area (Å²) >= 11 is 13.0. The van der Waals surface area contributed by atoms with Crippen molar-refractivity contribution in [3.63, 3.8) is 0 Å². The van der Waals surface area contributed by atoms with Gasteiger partial charge in [-0.2, -0.15) is 5.26 Å². The summed E-state index contributed by atoms with van der Waals surface area (Å²) in [7, 11) is 3.21. The number of fused-ring (bicyclic) bond motifs is 1. The van der Waals surface area contributed by atoms with Gasteiger partial charge in [0.05, 0.1) is 41.9 Å². The van der Waals surface area contributed by atoms with Gasteiger partial charge in [-0.25, -0.2) is 0 Å². The van der Waals surface area contributed by atoms with Crippen LogP contribution in [0, 0.1) is 11.3 Å². The molecular formula is C25H20Cl2N2O3. The highest BCUT2D eigenvalue weighted by atomic mass is 35.5. The van der Waals surface area contributed by atoms with Gasteiger partial charge in [0.1, 0.15) is 11.5 Å². The van der Waals surface area contributed by atoms with Crippen LogP contribution >= 0.6 is 23.2 Å². The Hall–Kier alpha value is -3.20. The predicted octanol–water partition coefficient (Wildman–Crippen LogP) is 5.67. The van der Waals surface area contributed by atoms with Gasteiger partial charge in [-0.05, 0) is 48.4 Å². The second-order valence-electron chi connectivity index (χ2n) is 7.35. The first-order valence-corrected chi connectivity index (χ1v) is 10.7. The van der Waals surface area contributed by atoms with Crippen molar-refractivity contribution in [2.45, 2.75) is 12.5 Å². The molecule has 0 saturated carbocycles. The summed E-state index contributed by atoms with van der Waals surface area (Å²) in [5.41, 5.74) is 3.31. The molecule has 1 aliphatic rings. The Morgan fingerprint density at radius 2 is 1.78 bits per heavy atom. The molecule has 4 rings (SSSR count). The molecule has 0 aromatic heterocycles. The van der Waals surface area contributed by atoms with Crippen molar-refractivity contribution in [1.82, 2.24) is 4.90 Å². The lowest BCUT2D eigenvalue weighted by atomic mass is 9.86. The molecule has 1 unspecified atom stereocenters. The minimum atomic E-state index is -0.548. The molecule has 1 atom stereocenters. The number of benzene rings is 3. The monoisotopic (exact) mass is 466 g/mol. The molecule has 5 nitrogen and oxygen atoms in total. The van der Waals surface area contributed by atoms with E-state index in [2.05, 4.69) is 6.07 Å². The summed E-state index contributed by atoms with van der Waals surface area (Å²) in [4.78, 5) is 15.4. The summed E-state index contributed by atoms with van der Waals surface area (Å²) in [6.07, 6.45) is 0.577. The fourth-order valence-corrected chi connectivity index (χ4v) is 4.64. The number of nitrogens with zero attached hydrogens (tertiary/aromatic N) is 2. The van der Waals surface area contributed by atoms with Crippen molar-refractivity contribution in [3.05, 3.63) is 92.5 Å². The van der Waals surface area contributed by atoms with Crippen molar-refractivity contribution in [3.8, 4) is 17.6 Å². The summed E-state index contributed by atoms with van der Waals surface area (Å²) in [6.45, 7) is 0.430. The molecule has 0 fully saturated rings. The summed E-state index contributed by atoms with van der Waals surface area (Å²) in [5.74, 6) is 1.14. The molecule has 0 radical (unpaired) electrons. The summed E-state index contributed by atoms with van der Waals surface area (Å²) < 4.78 is 11.3. The molecular weight excluding hydrogens is 447 g/mol. The zero-order chi connectivity index (χ0) is 22.8. The van der Waals surface area contributed by atoms with E-state index in [0.29, 0.717) is 45.5 Å². The molecule has 0 spiro atoms. The molecule has 3 aromatic carbocycles. The number of amides is 1. The van der Waals surface area contributed by atoms with Gasteiger partial charge in [-0.1, -0.05) is 41.4 Å². The number of hydrogen-bond acceptors (Lipinski definition) is 4. The fourth-order valence-electron chi connectivity index (χ4n) is 4.23. The van der Waals surface area contributed by atoms with E-state index < -0.39 is 6.04 Å². The Labute approximate surface area is 196 Å². The zero-order valence-corrected chi connectivity index (χ0v) is 19.1. The first-order chi connectivity index (χ1) is 15.5. The number of hydrogen-bond donors (Lipinski definition) is 0. The summed E-state index contributed by atoms with van der Waals surface area (Å²) in [6, 6.07) is 17.3. The molecule has 3 aromatic rings. The molecule has 0 bridgehead atoms. The Morgan fingerprint density at radius 3 is 2.50 bits per heavy atom. The number of halogens is 2. The molecule has 162 valence electrons. The third-order valence-electron chi connectivity index (χ3n) is 5.68. The molecule has 1 amide bonds. The van der Waals surface area contributed by atoms with Crippen LogP contribution in [0.3, 0.4) is 0 Å². The van der Waals surface area contributed by atoms with Crippen LogP contribution in [-0.4, -0.2) is 31.6 Å². The van der Waals surface area contributed by atoms with Gasteiger partial charge in [-0.3, -0.25) is 4.79 Å². The minimum Gasteiger partial charge on any atom is -0.496 e. The fraction of sp³-hybridized carbons (Fsp3) is 0.200. The third-order valence-corrected chi connectivity index (χ3v) is 6.51. The maximum atomic E-state index is 13.7. The maximum Gasteiger partial charge on any atom is 0.254 e. The van der Waals surface area contributed by atoms with E-state index in [1.54, 1.807) is 49.5 Å². The Morgan fingerprint density at radius 1 is 1.06 bits per heavy atom. The molecule has 7 heteroatoms. The number of carbonyl (C=O) groups excluding carboxylic acids is 1. The first-order valence-electron chi connectivity index (χ1n) is 9.99. The van der Waals surface area contributed by atoms with E-state index in [9.17, 15) is 10.1 Å². The number of nitriles is 1. The SMILES string of the molecule is COc1ccc(OC)c2c1CCN(C(=O)c1cccc(C#N)c1)C2c1cccc(Cl)c1Cl. The second-order valence-corrected chi connectivity index (χ2v) is 8.13. The van der Waals surface area contributed by atoms with E-state index in [0.717, 1.165) is 16.9 Å². The first kappa shape index (κ1) is 22.0. The van der Waals surface area contributed by atoms with Crippen LogP contribution in [-0.2, 0) is 6.42 Å². The highest BCUT2D eigenvalue weighted by Gasteiger charge is 2.37. The van der Waals surface area contributed by atoms with Crippen molar-refractivity contribution in [2.75, 3.05) is 20.8 Å². The second kappa shape index (κ2) is 9.12. The Balaban J connectivity index is 1.95. The van der Waals surface area contributed by atoms with Crippen LogP contribution in [0.15, 0.2) is 54.6 Å². The van der Waals surface area contributed by atoms with Crippen molar-refractivity contribution < 1.29 is 14.3 Å². The Bertz CT molecular complexity index is 1240. The number of rotatable bonds is 4. The third kappa shape index (κ3) is 3.77. The highest BCUT2D eigenvalue weighted by molar-refractivity contribution is 6.42. The van der Waals surface area contributed by atoms with E-state index in [4.69, 9.17) is 32.7 Å². The predicted molar refractivity (Wildman–Crippen MR) is 124 cm³/mol. The smallest absolute Gasteiger partial charge is 0.254 e. The average molecular weight is 467 g/mol. The molecule has 1 aliphatic heterocycles. The van der Waals surface area contributed by atoms with Gasteiger partial charge >= 0.3 is 0 Å². The van der Waals surface area contributed by atoms with Crippen LogP contribution in [0.2, 0.25) is 10.0 Å². The molecule has 1 heterocycles. The lowest BCUT2D eigenvalue weighted by molar-refractivity contribution is 0.0691. The zero-order valence-electron chi connectivity index (χ0n) is 17.6. The van der Waals surface area contributed by atoms with E-state index in [1.165, 1.54) is 0 Å². The topological polar surface area (TPSA) is 62.6 Å². The van der Waals surface area contributed by atoms with E-state index in [-0.39, 0.29) is 5.91 Å². The number of carbonyl (C=O) groups is 1. The maximum absolute atomic E-state index is 13.7. The molecule has 0 N–H and O–H groups in total. The van der Waals surface area contributed by atoms with Crippen LogP contribution in [0.4, 0.5) is 0 Å². The van der Waals surface area contributed by atoms with Crippen LogP contribution in [0.1, 0.15) is 38.7 Å². The molecule has 0 saturated heterocycles. The summed E-state index contributed by atoms with van der Waals surface area (Å²) in [5, 5.41) is 10.0. The largest absolute Gasteiger partial charge is 0.496 e. The van der Waals surface area contributed by atoms with Gasteiger partial charge in [0.2, 0.25) is 0 Å². The standard InChI is InChI=1S/C25H20Cl2N2O3/c1-31-20-9-10-21(32-2)22-17(20)11-12-29(24(22)18-7-4-8-19(26)23(18)27)25(30)16-6-3-5-15(13-16)14-28/h3-10,13,24H,11-12H2,1-2H3. The van der Waals surface area contributed by atoms with E-state index in [1.807, 2.05) is 24.3 Å². The van der Waals surface area contributed by atoms with Gasteiger partial charge < -0.3 is 14.4 Å². The lowest BCUT2D eigenvalue weighted by Crippen LogP contribution is -2.41. The van der Waals surface area contributed by atoms with Gasteiger partial charge in [-0.15, -0.1) is 0 Å². The highest BCUT2D eigenvalue weighted by Crippen LogP contribution is 2.47. The van der Waals surface area contributed by atoms with Gasteiger partial charge in [0, 0.05) is 23.2 Å². The molecule has 32 heavy (non-hydrogen) atoms. The minimum absolute atomic E-state index is 0.210. The van der Waals surface area contributed by atoms with Gasteiger partial charge in [0.15, 0.2) is 0 Å². The van der Waals surface area contributed by atoms with Gasteiger partial charge in [0.25, 0.3) is 5.91 Å². The van der Waals surface area contributed by atoms with Crippen LogP contribution in [0.5, 0.6) is 11.5 Å².